The van der Waals surface area contributed by atoms with Crippen LogP contribution >= 0.6 is 11.6 Å². The number of phenolic OH excluding ortho intramolecular Hbond substituents is 1. The zero-order valence-corrected chi connectivity index (χ0v) is 25.1. The van der Waals surface area contributed by atoms with Gasteiger partial charge in [-0.25, -0.2) is 18.6 Å². The lowest BCUT2D eigenvalue weighted by atomic mass is 10.0. The molecule has 2 atom stereocenters. The van der Waals surface area contributed by atoms with Crippen LogP contribution in [0.4, 0.5) is 25.3 Å². The van der Waals surface area contributed by atoms with Gasteiger partial charge in [0, 0.05) is 43.2 Å². The zero-order valence-electron chi connectivity index (χ0n) is 24.4. The fraction of sp³-hybridized carbons (Fsp3) is 0.500. The molecule has 0 radical (unpaired) electrons. The molecule has 2 bridgehead atoms. The number of halogens is 3. The number of nitrogens with zero attached hydrogens (tertiary/aromatic N) is 6. The van der Waals surface area contributed by atoms with Crippen LogP contribution < -0.4 is 9.80 Å². The number of amides is 1. The number of hydrogen-bond acceptors (Lipinski definition) is 8. The Balaban J connectivity index is 1.44. The van der Waals surface area contributed by atoms with Gasteiger partial charge in [-0.2, -0.15) is 4.98 Å². The molecule has 0 spiro atoms. The molecular weight excluding hydrogens is 566 g/mol. The number of rotatable bonds is 4. The fourth-order valence-electron chi connectivity index (χ4n) is 6.17. The Bertz CT molecular complexity index is 1520. The van der Waals surface area contributed by atoms with Crippen LogP contribution in [0, 0.1) is 11.6 Å². The molecule has 9 nitrogen and oxygen atoms in total. The number of piperazine rings is 1. The van der Waals surface area contributed by atoms with E-state index in [-0.39, 0.29) is 39.8 Å². The van der Waals surface area contributed by atoms with Crippen LogP contribution in [0.3, 0.4) is 0 Å². The number of fused-ring (bicyclic) bond motifs is 3. The predicted molar refractivity (Wildman–Crippen MR) is 158 cm³/mol. The second-order valence-corrected chi connectivity index (χ2v) is 13.0. The number of ether oxygens (including phenoxy) is 1. The second kappa shape index (κ2) is 10.4. The maximum absolute atomic E-state index is 16.4. The minimum atomic E-state index is -0.831. The summed E-state index contributed by atoms with van der Waals surface area (Å²) in [5.74, 6) is -1.17. The molecule has 12 heteroatoms. The molecule has 3 saturated heterocycles. The highest BCUT2D eigenvalue weighted by Crippen LogP contribution is 2.44. The molecule has 3 aliphatic rings. The van der Waals surface area contributed by atoms with Gasteiger partial charge in [-0.05, 0) is 65.9 Å². The zero-order chi connectivity index (χ0) is 30.1. The van der Waals surface area contributed by atoms with E-state index >= 15 is 4.39 Å². The van der Waals surface area contributed by atoms with E-state index in [4.69, 9.17) is 21.3 Å². The molecule has 0 aliphatic carbocycles. The van der Waals surface area contributed by atoms with Crippen LogP contribution in [0.5, 0.6) is 5.75 Å². The van der Waals surface area contributed by atoms with Crippen molar-refractivity contribution < 1.29 is 23.4 Å². The van der Waals surface area contributed by atoms with Crippen molar-refractivity contribution in [1.82, 2.24) is 19.8 Å². The van der Waals surface area contributed by atoms with Crippen LogP contribution in [0.2, 0.25) is 5.02 Å². The van der Waals surface area contributed by atoms with Crippen LogP contribution in [0.1, 0.15) is 33.6 Å². The van der Waals surface area contributed by atoms with Crippen LogP contribution in [0.25, 0.3) is 22.0 Å². The van der Waals surface area contributed by atoms with Crippen molar-refractivity contribution in [2.24, 2.45) is 0 Å². The smallest absolute Gasteiger partial charge is 0.410 e. The van der Waals surface area contributed by atoms with Crippen LogP contribution in [-0.2, 0) is 4.74 Å². The van der Waals surface area contributed by atoms with E-state index in [1.807, 2.05) is 44.7 Å². The summed E-state index contributed by atoms with van der Waals surface area (Å²) in [4.78, 5) is 30.6. The van der Waals surface area contributed by atoms with Gasteiger partial charge in [0.15, 0.2) is 5.82 Å². The van der Waals surface area contributed by atoms with Gasteiger partial charge in [0.1, 0.15) is 28.5 Å². The number of carbonyl (C=O) groups excluding carboxylic acids is 1. The van der Waals surface area contributed by atoms with E-state index in [1.165, 1.54) is 12.1 Å². The van der Waals surface area contributed by atoms with Crippen molar-refractivity contribution in [2.75, 3.05) is 50.1 Å². The second-order valence-electron chi connectivity index (χ2n) is 12.6. The lowest BCUT2D eigenvalue weighted by Crippen LogP contribution is -2.58. The number of aromatic nitrogens is 2. The summed E-state index contributed by atoms with van der Waals surface area (Å²) in [6.07, 6.45) is 1.30. The first-order valence-corrected chi connectivity index (χ1v) is 14.6. The molecule has 1 N–H and O–H groups in total. The summed E-state index contributed by atoms with van der Waals surface area (Å²) in [5.41, 5.74) is -1.18. The summed E-state index contributed by atoms with van der Waals surface area (Å²) in [5, 5.41) is 10.8. The maximum atomic E-state index is 16.4. The van der Waals surface area contributed by atoms with Gasteiger partial charge in [-0.15, -0.1) is 0 Å². The van der Waals surface area contributed by atoms with E-state index in [2.05, 4.69) is 14.8 Å². The third-order valence-corrected chi connectivity index (χ3v) is 8.65. The highest BCUT2D eigenvalue weighted by Gasteiger charge is 2.45. The Morgan fingerprint density at radius 1 is 1.05 bits per heavy atom. The highest BCUT2D eigenvalue weighted by molar-refractivity contribution is 6.34. The first kappa shape index (κ1) is 28.7. The average molecular weight is 601 g/mol. The number of aromatic hydroxyl groups is 1. The van der Waals surface area contributed by atoms with Gasteiger partial charge in [0.25, 0.3) is 0 Å². The Hall–Kier alpha value is -3.44. The first-order chi connectivity index (χ1) is 19.8. The van der Waals surface area contributed by atoms with Gasteiger partial charge in [0.05, 0.1) is 22.7 Å². The minimum absolute atomic E-state index is 0.00715. The summed E-state index contributed by atoms with van der Waals surface area (Å²) in [6.45, 7) is 7.86. The van der Waals surface area contributed by atoms with Crippen molar-refractivity contribution in [3.05, 3.63) is 40.9 Å². The quantitative estimate of drug-likeness (QED) is 0.433. The molecule has 3 fully saturated rings. The Morgan fingerprint density at radius 3 is 2.31 bits per heavy atom. The van der Waals surface area contributed by atoms with E-state index in [1.54, 1.807) is 6.07 Å². The van der Waals surface area contributed by atoms with Crippen LogP contribution in [-0.4, -0.2) is 95.0 Å². The van der Waals surface area contributed by atoms with Crippen molar-refractivity contribution in [3.63, 3.8) is 0 Å². The number of hydrogen-bond donors (Lipinski definition) is 1. The monoisotopic (exact) mass is 600 g/mol. The topological polar surface area (TPSA) is 85.3 Å². The van der Waals surface area contributed by atoms with Crippen LogP contribution in [0.15, 0.2) is 24.3 Å². The molecule has 6 rings (SSSR count). The molecule has 1 amide bonds. The molecule has 4 heterocycles. The third kappa shape index (κ3) is 4.96. The molecule has 3 aliphatic heterocycles. The van der Waals surface area contributed by atoms with Gasteiger partial charge in [0.2, 0.25) is 5.95 Å². The van der Waals surface area contributed by atoms with Crippen molar-refractivity contribution >= 4 is 40.4 Å². The summed E-state index contributed by atoms with van der Waals surface area (Å²) in [7, 11) is 4.01. The Kier molecular flexibility index (Phi) is 7.08. The molecular formula is C30H35ClF2N6O3. The Morgan fingerprint density at radius 2 is 1.71 bits per heavy atom. The normalized spacial score (nSPS) is 20.9. The van der Waals surface area contributed by atoms with Gasteiger partial charge >= 0.3 is 6.09 Å². The van der Waals surface area contributed by atoms with E-state index in [0.29, 0.717) is 49.4 Å². The predicted octanol–water partition coefficient (Wildman–Crippen LogP) is 5.27. The number of phenols is 1. The number of anilines is 2. The van der Waals surface area contributed by atoms with Crippen molar-refractivity contribution in [2.45, 2.75) is 57.3 Å². The summed E-state index contributed by atoms with van der Waals surface area (Å²) < 4.78 is 37.0. The number of carbonyl (C=O) groups is 1. The van der Waals surface area contributed by atoms with E-state index in [9.17, 15) is 14.3 Å². The molecule has 0 saturated carbocycles. The van der Waals surface area contributed by atoms with Gasteiger partial charge in [-0.3, -0.25) is 4.90 Å². The molecule has 2 unspecified atom stereocenters. The fourth-order valence-corrected chi connectivity index (χ4v) is 6.46. The van der Waals surface area contributed by atoms with Crippen molar-refractivity contribution in [3.8, 4) is 16.9 Å². The largest absolute Gasteiger partial charge is 0.507 e. The third-order valence-electron chi connectivity index (χ3n) is 8.35. The average Bonchev–Trinajstić information content (AvgIpc) is 3.13. The Labute approximate surface area is 248 Å². The highest BCUT2D eigenvalue weighted by atomic mass is 35.5. The summed E-state index contributed by atoms with van der Waals surface area (Å²) in [6, 6.07) is 5.44. The first-order valence-electron chi connectivity index (χ1n) is 14.2. The van der Waals surface area contributed by atoms with E-state index < -0.39 is 23.0 Å². The van der Waals surface area contributed by atoms with Crippen molar-refractivity contribution in [1.29, 1.82) is 0 Å². The lowest BCUT2D eigenvalue weighted by Gasteiger charge is -2.44. The lowest BCUT2D eigenvalue weighted by molar-refractivity contribution is 0.0123. The van der Waals surface area contributed by atoms with E-state index in [0.717, 1.165) is 18.9 Å². The standard InChI is InChI=1S/C30H35ClF2N6O3/c1-30(2,3)42-29(41)39-16-9-10-17(39)13-37(12-16)27-19-11-20(31)23(24-21(32)7-6-8-22(24)40)25(33)26(19)34-28(35-27)38-14-18(15-38)36(4)5/h6-8,11,16-18,40H,9-10,12-15H2,1-5H3. The molecule has 2 aromatic carbocycles. The minimum Gasteiger partial charge on any atom is -0.507 e. The summed E-state index contributed by atoms with van der Waals surface area (Å²) >= 11 is 6.61. The molecule has 42 heavy (non-hydrogen) atoms. The number of likely N-dealkylation sites (N-methyl/N-ethyl adjacent to an activating group) is 1. The molecule has 1 aromatic heterocycles. The SMILES string of the molecule is CN(C)C1CN(c2nc(N3CC4CCC(C3)N4C(=O)OC(C)(C)C)c3cc(Cl)c(-c4c(O)cccc4F)c(F)c3n2)C1. The van der Waals surface area contributed by atoms with Gasteiger partial charge in [-0.1, -0.05) is 17.7 Å². The van der Waals surface area contributed by atoms with Gasteiger partial charge < -0.3 is 24.5 Å². The molecule has 3 aromatic rings. The number of benzene rings is 2. The maximum Gasteiger partial charge on any atom is 0.410 e. The molecule has 224 valence electrons.